The van der Waals surface area contributed by atoms with Crippen LogP contribution in [-0.4, -0.2) is 17.2 Å². The van der Waals surface area contributed by atoms with E-state index in [-0.39, 0.29) is 17.5 Å². The molecule has 1 aromatic rings. The summed E-state index contributed by atoms with van der Waals surface area (Å²) in [7, 11) is 0. The van der Waals surface area contributed by atoms with Gasteiger partial charge in [-0.1, -0.05) is 0 Å². The number of benzene rings is 1. The van der Waals surface area contributed by atoms with Crippen LogP contribution in [0.5, 0.6) is 5.75 Å². The van der Waals surface area contributed by atoms with Crippen molar-refractivity contribution in [1.82, 2.24) is 0 Å². The number of non-ortho nitro benzene ring substituents is 1. The number of nitro groups is 1. The topological polar surface area (TPSA) is 78.7 Å². The number of hydrogen-bond donors (Lipinski definition) is 0. The highest BCUT2D eigenvalue weighted by Crippen LogP contribution is 2.52. The van der Waals surface area contributed by atoms with Crippen molar-refractivity contribution in [2.75, 3.05) is 0 Å². The fraction of sp³-hybridized carbons (Fsp3) is 0.462. The smallest absolute Gasteiger partial charge is 0.431 e. The van der Waals surface area contributed by atoms with Gasteiger partial charge in [0.05, 0.1) is 4.92 Å². The van der Waals surface area contributed by atoms with Crippen LogP contribution in [-0.2, 0) is 4.74 Å². The highest BCUT2D eigenvalue weighted by molar-refractivity contribution is 5.64. The average molecular weight is 263 g/mol. The molecular formula is C13H13NO5. The summed E-state index contributed by atoms with van der Waals surface area (Å²) in [6.45, 7) is 0. The summed E-state index contributed by atoms with van der Waals surface area (Å²) in [6, 6.07) is 5.33. The number of ether oxygens (including phenoxy) is 2. The van der Waals surface area contributed by atoms with E-state index in [0.29, 0.717) is 0 Å². The van der Waals surface area contributed by atoms with Gasteiger partial charge in [-0.25, -0.2) is 4.79 Å². The molecule has 2 aliphatic carbocycles. The van der Waals surface area contributed by atoms with Crippen molar-refractivity contribution < 1.29 is 19.2 Å². The number of fused-ring (bicyclic) bond motifs is 1. The molecule has 0 amide bonds. The van der Waals surface area contributed by atoms with Crippen molar-refractivity contribution in [2.45, 2.75) is 25.4 Å². The summed E-state index contributed by atoms with van der Waals surface area (Å²) in [4.78, 5) is 21.5. The van der Waals surface area contributed by atoms with Gasteiger partial charge >= 0.3 is 6.16 Å². The van der Waals surface area contributed by atoms with Crippen molar-refractivity contribution in [3.63, 3.8) is 0 Å². The molecule has 2 aliphatic rings. The molecule has 0 bridgehead atoms. The van der Waals surface area contributed by atoms with E-state index in [0.717, 1.165) is 24.7 Å². The largest absolute Gasteiger partial charge is 0.514 e. The highest BCUT2D eigenvalue weighted by atomic mass is 16.7. The predicted octanol–water partition coefficient (Wildman–Crippen LogP) is 2.91. The van der Waals surface area contributed by atoms with Crippen molar-refractivity contribution in [1.29, 1.82) is 0 Å². The summed E-state index contributed by atoms with van der Waals surface area (Å²) in [5.74, 6) is 1.72. The molecule has 0 aliphatic heterocycles. The third kappa shape index (κ3) is 2.67. The Labute approximate surface area is 109 Å². The Balaban J connectivity index is 1.52. The maximum absolute atomic E-state index is 11.5. The molecule has 3 rings (SSSR count). The van der Waals surface area contributed by atoms with Crippen LogP contribution >= 0.6 is 0 Å². The second-order valence-electron chi connectivity index (χ2n) is 5.07. The fourth-order valence-electron chi connectivity index (χ4n) is 2.65. The lowest BCUT2D eigenvalue weighted by Crippen LogP contribution is -2.19. The lowest BCUT2D eigenvalue weighted by molar-refractivity contribution is -0.384. The minimum atomic E-state index is -0.736. The summed E-state index contributed by atoms with van der Waals surface area (Å²) >= 11 is 0. The lowest BCUT2D eigenvalue weighted by atomic mass is 10.2. The minimum absolute atomic E-state index is 0.0331. The van der Waals surface area contributed by atoms with E-state index in [2.05, 4.69) is 0 Å². The number of hydrogen-bond acceptors (Lipinski definition) is 5. The van der Waals surface area contributed by atoms with Gasteiger partial charge in [0.25, 0.3) is 5.69 Å². The van der Waals surface area contributed by atoms with E-state index in [1.165, 1.54) is 30.7 Å². The molecular weight excluding hydrogens is 250 g/mol. The molecule has 100 valence electrons. The zero-order valence-corrected chi connectivity index (χ0v) is 10.2. The van der Waals surface area contributed by atoms with Crippen molar-refractivity contribution in [3.8, 4) is 5.75 Å². The third-order valence-corrected chi connectivity index (χ3v) is 3.71. The van der Waals surface area contributed by atoms with E-state index in [9.17, 15) is 14.9 Å². The second kappa shape index (κ2) is 4.53. The maximum atomic E-state index is 11.5. The quantitative estimate of drug-likeness (QED) is 0.362. The normalized spacial score (nSPS) is 27.5. The Hall–Kier alpha value is -2.11. The number of carbonyl (C=O) groups excluding carboxylic acids is 1. The highest BCUT2D eigenvalue weighted by Gasteiger charge is 2.47. The molecule has 2 fully saturated rings. The zero-order chi connectivity index (χ0) is 13.4. The molecule has 1 unspecified atom stereocenters. The Morgan fingerprint density at radius 3 is 2.37 bits per heavy atom. The molecule has 0 N–H and O–H groups in total. The summed E-state index contributed by atoms with van der Waals surface area (Å²) in [6.07, 6.45) is 2.35. The van der Waals surface area contributed by atoms with E-state index in [4.69, 9.17) is 9.47 Å². The molecule has 6 nitrogen and oxygen atoms in total. The Kier molecular flexibility index (Phi) is 2.85. The van der Waals surface area contributed by atoms with Crippen LogP contribution in [0.1, 0.15) is 19.3 Å². The molecule has 0 heterocycles. The molecule has 6 heteroatoms. The number of nitro benzene ring substituents is 1. The first-order chi connectivity index (χ1) is 9.11. The van der Waals surface area contributed by atoms with Crippen molar-refractivity contribution >= 4 is 11.8 Å². The standard InChI is InChI=1S/C13H13NO5/c15-13(19-12-6-8-5-9(8)7-12)18-11-3-1-10(2-4-11)14(16)17/h1-4,8-9,12H,5-7H2/t8-,9+,12?. The fourth-order valence-corrected chi connectivity index (χ4v) is 2.65. The molecule has 0 radical (unpaired) electrons. The maximum Gasteiger partial charge on any atom is 0.514 e. The third-order valence-electron chi connectivity index (χ3n) is 3.71. The second-order valence-corrected chi connectivity index (χ2v) is 5.07. The molecule has 0 aromatic heterocycles. The minimum Gasteiger partial charge on any atom is -0.431 e. The van der Waals surface area contributed by atoms with Gasteiger partial charge in [-0.05, 0) is 43.2 Å². The number of carbonyl (C=O) groups is 1. The summed E-state index contributed by atoms with van der Waals surface area (Å²) in [5, 5.41) is 10.5. The van der Waals surface area contributed by atoms with Crippen molar-refractivity contribution in [2.24, 2.45) is 11.8 Å². The Morgan fingerprint density at radius 1 is 1.16 bits per heavy atom. The molecule has 2 saturated carbocycles. The summed E-state index contributed by atoms with van der Waals surface area (Å²) < 4.78 is 10.2. The van der Waals surface area contributed by atoms with Gasteiger partial charge in [0, 0.05) is 12.1 Å². The molecule has 1 aromatic carbocycles. The van der Waals surface area contributed by atoms with Gasteiger partial charge in [0.2, 0.25) is 0 Å². The molecule has 0 saturated heterocycles. The first kappa shape index (κ1) is 12.0. The first-order valence-corrected chi connectivity index (χ1v) is 6.25. The van der Waals surface area contributed by atoms with Gasteiger partial charge in [-0.15, -0.1) is 0 Å². The molecule has 19 heavy (non-hydrogen) atoms. The molecule has 3 atom stereocenters. The van der Waals surface area contributed by atoms with E-state index in [1.54, 1.807) is 0 Å². The van der Waals surface area contributed by atoms with Crippen LogP contribution in [0.4, 0.5) is 10.5 Å². The first-order valence-electron chi connectivity index (χ1n) is 6.25. The van der Waals surface area contributed by atoms with Crippen LogP contribution < -0.4 is 4.74 Å². The van der Waals surface area contributed by atoms with Gasteiger partial charge in [0.1, 0.15) is 11.9 Å². The van der Waals surface area contributed by atoms with Crippen molar-refractivity contribution in [3.05, 3.63) is 34.4 Å². The SMILES string of the molecule is O=C(Oc1ccc([N+](=O)[O-])cc1)OC1C[C@@H]2C[C@@H]2C1. The Morgan fingerprint density at radius 2 is 1.79 bits per heavy atom. The zero-order valence-electron chi connectivity index (χ0n) is 10.2. The average Bonchev–Trinajstić information content (AvgIpc) is 2.97. The van der Waals surface area contributed by atoms with E-state index >= 15 is 0 Å². The predicted molar refractivity (Wildman–Crippen MR) is 64.8 cm³/mol. The van der Waals surface area contributed by atoms with Gasteiger partial charge in [0.15, 0.2) is 0 Å². The monoisotopic (exact) mass is 263 g/mol. The van der Waals surface area contributed by atoms with Crippen LogP contribution in [0.25, 0.3) is 0 Å². The van der Waals surface area contributed by atoms with Crippen LogP contribution in [0.2, 0.25) is 0 Å². The lowest BCUT2D eigenvalue weighted by Gasteiger charge is -2.12. The Bertz CT molecular complexity index is 502. The van der Waals surface area contributed by atoms with Crippen LogP contribution in [0.15, 0.2) is 24.3 Å². The van der Waals surface area contributed by atoms with E-state index in [1.807, 2.05) is 0 Å². The van der Waals surface area contributed by atoms with Gasteiger partial charge in [-0.3, -0.25) is 10.1 Å². The number of nitrogens with zero attached hydrogens (tertiary/aromatic N) is 1. The van der Waals surface area contributed by atoms with Gasteiger partial charge in [-0.2, -0.15) is 0 Å². The summed E-state index contributed by atoms with van der Waals surface area (Å²) in [5.41, 5.74) is -0.0448. The van der Waals surface area contributed by atoms with E-state index < -0.39 is 11.1 Å². The number of rotatable bonds is 3. The molecule has 0 spiro atoms. The van der Waals surface area contributed by atoms with Crippen LogP contribution in [0, 0.1) is 22.0 Å². The van der Waals surface area contributed by atoms with Crippen LogP contribution in [0.3, 0.4) is 0 Å². The van der Waals surface area contributed by atoms with Gasteiger partial charge < -0.3 is 9.47 Å².